The van der Waals surface area contributed by atoms with Gasteiger partial charge in [-0.3, -0.25) is 9.59 Å². The molecule has 0 aromatic rings. The number of hydrogen-bond donors (Lipinski definition) is 1. The van der Waals surface area contributed by atoms with Gasteiger partial charge in [-0.15, -0.1) is 0 Å². The maximum absolute atomic E-state index is 11.3. The van der Waals surface area contributed by atoms with Crippen LogP contribution in [0.1, 0.15) is 26.7 Å². The third-order valence-corrected chi connectivity index (χ3v) is 2.60. The SMILES string of the molecule is C=CC(=O)N1CCC(C(=O)NC)CC1.CC. The molecule has 0 bridgehead atoms. The molecule has 1 fully saturated rings. The standard InChI is InChI=1S/C10H16N2O2.C2H6/c1-3-9(13)12-6-4-8(5-7-12)10(14)11-2;1-2/h3,8H,1,4-7H2,2H3,(H,11,14);1-2H3. The first-order valence-electron chi connectivity index (χ1n) is 5.82. The number of hydrogen-bond acceptors (Lipinski definition) is 2. The van der Waals surface area contributed by atoms with Crippen molar-refractivity contribution in [1.29, 1.82) is 0 Å². The number of nitrogens with zero attached hydrogens (tertiary/aromatic N) is 1. The molecule has 1 heterocycles. The molecule has 0 radical (unpaired) electrons. The quantitative estimate of drug-likeness (QED) is 0.719. The van der Waals surface area contributed by atoms with Gasteiger partial charge in [-0.2, -0.15) is 0 Å². The molecule has 2 amide bonds. The molecule has 4 heteroatoms. The van der Waals surface area contributed by atoms with E-state index in [0.29, 0.717) is 13.1 Å². The van der Waals surface area contributed by atoms with Crippen LogP contribution in [-0.4, -0.2) is 36.9 Å². The lowest BCUT2D eigenvalue weighted by Gasteiger charge is -2.30. The molecule has 1 N–H and O–H groups in total. The Bertz CT molecular complexity index is 243. The highest BCUT2D eigenvalue weighted by atomic mass is 16.2. The number of carbonyl (C=O) groups is 2. The van der Waals surface area contributed by atoms with Crippen LogP contribution in [0.4, 0.5) is 0 Å². The van der Waals surface area contributed by atoms with Gasteiger partial charge in [0.1, 0.15) is 0 Å². The molecular formula is C12H22N2O2. The summed E-state index contributed by atoms with van der Waals surface area (Å²) in [6.45, 7) is 8.75. The van der Waals surface area contributed by atoms with E-state index in [1.165, 1.54) is 6.08 Å². The molecule has 1 aliphatic heterocycles. The second-order valence-electron chi connectivity index (χ2n) is 3.42. The van der Waals surface area contributed by atoms with E-state index in [2.05, 4.69) is 11.9 Å². The van der Waals surface area contributed by atoms with E-state index in [1.54, 1.807) is 11.9 Å². The van der Waals surface area contributed by atoms with Gasteiger partial charge in [-0.25, -0.2) is 0 Å². The molecule has 92 valence electrons. The van der Waals surface area contributed by atoms with Crippen LogP contribution < -0.4 is 5.32 Å². The maximum atomic E-state index is 11.3. The highest BCUT2D eigenvalue weighted by Crippen LogP contribution is 2.17. The first kappa shape index (κ1) is 14.7. The smallest absolute Gasteiger partial charge is 0.245 e. The molecule has 1 rings (SSSR count). The Morgan fingerprint density at radius 1 is 1.31 bits per heavy atom. The van der Waals surface area contributed by atoms with Crippen molar-refractivity contribution in [3.05, 3.63) is 12.7 Å². The minimum absolute atomic E-state index is 0.0413. The van der Waals surface area contributed by atoms with Crippen molar-refractivity contribution >= 4 is 11.8 Å². The molecule has 0 aliphatic carbocycles. The van der Waals surface area contributed by atoms with Gasteiger partial charge in [0.05, 0.1) is 0 Å². The van der Waals surface area contributed by atoms with Crippen LogP contribution in [0.5, 0.6) is 0 Å². The molecule has 4 nitrogen and oxygen atoms in total. The Morgan fingerprint density at radius 2 is 1.81 bits per heavy atom. The molecule has 0 atom stereocenters. The highest BCUT2D eigenvalue weighted by Gasteiger charge is 2.25. The van der Waals surface area contributed by atoms with Gasteiger partial charge in [0.25, 0.3) is 0 Å². The largest absolute Gasteiger partial charge is 0.359 e. The topological polar surface area (TPSA) is 49.4 Å². The van der Waals surface area contributed by atoms with Crippen molar-refractivity contribution < 1.29 is 9.59 Å². The summed E-state index contributed by atoms with van der Waals surface area (Å²) in [6, 6.07) is 0. The van der Waals surface area contributed by atoms with Gasteiger partial charge in [0.2, 0.25) is 11.8 Å². The molecule has 1 saturated heterocycles. The number of amides is 2. The first-order chi connectivity index (χ1) is 7.69. The Labute approximate surface area is 97.7 Å². The second-order valence-corrected chi connectivity index (χ2v) is 3.42. The van der Waals surface area contributed by atoms with Gasteiger partial charge in [0.15, 0.2) is 0 Å². The van der Waals surface area contributed by atoms with Crippen LogP contribution in [0.25, 0.3) is 0 Å². The van der Waals surface area contributed by atoms with Crippen LogP contribution >= 0.6 is 0 Å². The zero-order valence-corrected chi connectivity index (χ0v) is 10.5. The summed E-state index contributed by atoms with van der Waals surface area (Å²) < 4.78 is 0. The number of likely N-dealkylation sites (tertiary alicyclic amines) is 1. The molecule has 0 unspecified atom stereocenters. The predicted octanol–water partition coefficient (Wildman–Crippen LogP) is 1.18. The van der Waals surface area contributed by atoms with E-state index in [4.69, 9.17) is 0 Å². The molecular weight excluding hydrogens is 204 g/mol. The van der Waals surface area contributed by atoms with E-state index in [1.807, 2.05) is 13.8 Å². The monoisotopic (exact) mass is 226 g/mol. The van der Waals surface area contributed by atoms with Gasteiger partial charge < -0.3 is 10.2 Å². The fourth-order valence-corrected chi connectivity index (χ4v) is 1.70. The molecule has 1 aliphatic rings. The van der Waals surface area contributed by atoms with Crippen LogP contribution in [0.3, 0.4) is 0 Å². The normalized spacial score (nSPS) is 15.8. The molecule has 0 saturated carbocycles. The van der Waals surface area contributed by atoms with E-state index in [0.717, 1.165) is 12.8 Å². The number of rotatable bonds is 2. The van der Waals surface area contributed by atoms with Gasteiger partial charge in [-0.1, -0.05) is 20.4 Å². The van der Waals surface area contributed by atoms with E-state index in [-0.39, 0.29) is 17.7 Å². The highest BCUT2D eigenvalue weighted by molar-refractivity contribution is 5.87. The van der Waals surface area contributed by atoms with Crippen molar-refractivity contribution in [2.45, 2.75) is 26.7 Å². The summed E-state index contributed by atoms with van der Waals surface area (Å²) in [7, 11) is 1.64. The molecule has 16 heavy (non-hydrogen) atoms. The molecule has 0 aromatic heterocycles. The van der Waals surface area contributed by atoms with Crippen molar-refractivity contribution in [1.82, 2.24) is 10.2 Å². The van der Waals surface area contributed by atoms with Crippen molar-refractivity contribution in [2.24, 2.45) is 5.92 Å². The minimum Gasteiger partial charge on any atom is -0.359 e. The zero-order chi connectivity index (χ0) is 12.6. The van der Waals surface area contributed by atoms with Gasteiger partial charge >= 0.3 is 0 Å². The average Bonchev–Trinajstić information content (AvgIpc) is 2.39. The summed E-state index contributed by atoms with van der Waals surface area (Å²) in [5.41, 5.74) is 0. The summed E-state index contributed by atoms with van der Waals surface area (Å²) >= 11 is 0. The average molecular weight is 226 g/mol. The van der Waals surface area contributed by atoms with Crippen LogP contribution in [0, 0.1) is 5.92 Å². The molecule has 0 aromatic carbocycles. The summed E-state index contributed by atoms with van der Waals surface area (Å²) in [4.78, 5) is 24.2. The van der Waals surface area contributed by atoms with E-state index < -0.39 is 0 Å². The van der Waals surface area contributed by atoms with Crippen molar-refractivity contribution in [2.75, 3.05) is 20.1 Å². The fourth-order valence-electron chi connectivity index (χ4n) is 1.70. The first-order valence-corrected chi connectivity index (χ1v) is 5.82. The van der Waals surface area contributed by atoms with Crippen LogP contribution in [0.2, 0.25) is 0 Å². The Morgan fingerprint density at radius 3 is 2.19 bits per heavy atom. The van der Waals surface area contributed by atoms with Crippen LogP contribution in [-0.2, 0) is 9.59 Å². The third-order valence-electron chi connectivity index (χ3n) is 2.60. The minimum atomic E-state index is -0.0413. The lowest BCUT2D eigenvalue weighted by molar-refractivity contribution is -0.131. The van der Waals surface area contributed by atoms with E-state index >= 15 is 0 Å². The summed E-state index contributed by atoms with van der Waals surface area (Å²) in [5.74, 6) is 0.102. The van der Waals surface area contributed by atoms with Gasteiger partial charge in [-0.05, 0) is 18.9 Å². The van der Waals surface area contributed by atoms with Gasteiger partial charge in [0, 0.05) is 26.1 Å². The number of nitrogens with one attached hydrogen (secondary N) is 1. The van der Waals surface area contributed by atoms with Crippen LogP contribution in [0.15, 0.2) is 12.7 Å². The summed E-state index contributed by atoms with van der Waals surface area (Å²) in [6.07, 6.45) is 2.82. The Balaban J connectivity index is 0.00000106. The predicted molar refractivity (Wildman–Crippen MR) is 64.9 cm³/mol. The maximum Gasteiger partial charge on any atom is 0.245 e. The zero-order valence-electron chi connectivity index (χ0n) is 10.5. The second kappa shape index (κ2) is 7.91. The molecule has 0 spiro atoms. The van der Waals surface area contributed by atoms with Crippen molar-refractivity contribution in [3.8, 4) is 0 Å². The lowest BCUT2D eigenvalue weighted by atomic mass is 9.96. The third kappa shape index (κ3) is 4.04. The lowest BCUT2D eigenvalue weighted by Crippen LogP contribution is -2.41. The fraction of sp³-hybridized carbons (Fsp3) is 0.667. The Hall–Kier alpha value is -1.32. The van der Waals surface area contributed by atoms with E-state index in [9.17, 15) is 9.59 Å². The Kier molecular flexibility index (Phi) is 7.25. The van der Waals surface area contributed by atoms with Crippen molar-refractivity contribution in [3.63, 3.8) is 0 Å². The number of carbonyl (C=O) groups excluding carboxylic acids is 2. The number of piperidine rings is 1. The summed E-state index contributed by atoms with van der Waals surface area (Å²) in [5, 5.41) is 2.63.